The van der Waals surface area contributed by atoms with E-state index in [2.05, 4.69) is 5.32 Å². The molecule has 1 aliphatic heterocycles. The fourth-order valence-corrected chi connectivity index (χ4v) is 4.05. The monoisotopic (exact) mass is 263 g/mol. The van der Waals surface area contributed by atoms with Crippen molar-refractivity contribution < 1.29 is 13.2 Å². The molecule has 1 saturated heterocycles. The van der Waals surface area contributed by atoms with E-state index in [9.17, 15) is 8.42 Å². The Morgan fingerprint density at radius 1 is 1.41 bits per heavy atom. The summed E-state index contributed by atoms with van der Waals surface area (Å²) in [6.07, 6.45) is 2.67. The summed E-state index contributed by atoms with van der Waals surface area (Å²) in [5, 5.41) is 3.30. The first-order chi connectivity index (χ1) is 8.09. The summed E-state index contributed by atoms with van der Waals surface area (Å²) in [5.74, 6) is 0.930. The predicted molar refractivity (Wildman–Crippen MR) is 70.0 cm³/mol. The van der Waals surface area contributed by atoms with Gasteiger partial charge in [-0.25, -0.2) is 8.42 Å². The zero-order valence-electron chi connectivity index (χ0n) is 10.9. The van der Waals surface area contributed by atoms with Gasteiger partial charge in [-0.05, 0) is 19.4 Å². The minimum atomic E-state index is -2.92. The maximum absolute atomic E-state index is 12.0. The van der Waals surface area contributed by atoms with E-state index >= 15 is 0 Å². The molecule has 0 bridgehead atoms. The smallest absolute Gasteiger partial charge is 0.151 e. The van der Waals surface area contributed by atoms with Crippen LogP contribution >= 0.6 is 0 Å². The maximum atomic E-state index is 12.0. The van der Waals surface area contributed by atoms with Gasteiger partial charge in [0, 0.05) is 18.6 Å². The van der Waals surface area contributed by atoms with Crippen molar-refractivity contribution in [2.24, 2.45) is 5.92 Å². The first kappa shape index (κ1) is 14.9. The molecule has 17 heavy (non-hydrogen) atoms. The van der Waals surface area contributed by atoms with Crippen molar-refractivity contribution >= 4 is 9.84 Å². The van der Waals surface area contributed by atoms with Crippen molar-refractivity contribution in [3.05, 3.63) is 0 Å². The van der Waals surface area contributed by atoms with E-state index in [4.69, 9.17) is 4.74 Å². The summed E-state index contributed by atoms with van der Waals surface area (Å²) in [6, 6.07) is 0.0596. The van der Waals surface area contributed by atoms with E-state index in [1.54, 1.807) is 0 Å². The maximum Gasteiger partial charge on any atom is 0.151 e. The number of hydrogen-bond donors (Lipinski definition) is 1. The lowest BCUT2D eigenvalue weighted by Gasteiger charge is -2.23. The number of hydrogen-bond acceptors (Lipinski definition) is 4. The summed E-state index contributed by atoms with van der Waals surface area (Å²) in [6.45, 7) is 6.30. The molecule has 0 aromatic heterocycles. The highest BCUT2D eigenvalue weighted by atomic mass is 32.2. The molecular formula is C12H25NO3S. The minimum absolute atomic E-state index is 0.0596. The van der Waals surface area contributed by atoms with E-state index in [0.29, 0.717) is 18.3 Å². The largest absolute Gasteiger partial charge is 0.381 e. The molecule has 102 valence electrons. The molecule has 0 amide bonds. The number of ether oxygens (including phenoxy) is 1. The number of sulfone groups is 1. The highest BCUT2D eigenvalue weighted by molar-refractivity contribution is 7.91. The van der Waals surface area contributed by atoms with Crippen LogP contribution in [0.2, 0.25) is 0 Å². The summed E-state index contributed by atoms with van der Waals surface area (Å²) in [4.78, 5) is 0. The van der Waals surface area contributed by atoms with Gasteiger partial charge in [-0.15, -0.1) is 0 Å². The molecule has 1 N–H and O–H groups in total. The Morgan fingerprint density at radius 2 is 2.18 bits per heavy atom. The Kier molecular flexibility index (Phi) is 6.44. The summed E-state index contributed by atoms with van der Waals surface area (Å²) >= 11 is 0. The Hall–Kier alpha value is -0.130. The van der Waals surface area contributed by atoms with Crippen LogP contribution in [0.5, 0.6) is 0 Å². The normalized spacial score (nSPS) is 22.8. The van der Waals surface area contributed by atoms with Gasteiger partial charge < -0.3 is 10.1 Å². The van der Waals surface area contributed by atoms with Gasteiger partial charge in [0.25, 0.3) is 0 Å². The summed E-state index contributed by atoms with van der Waals surface area (Å²) in [7, 11) is -2.92. The molecule has 1 fully saturated rings. The van der Waals surface area contributed by atoms with E-state index < -0.39 is 9.84 Å². The molecule has 4 nitrogen and oxygen atoms in total. The third kappa shape index (κ3) is 5.36. The molecule has 0 radical (unpaired) electrons. The Bertz CT molecular complexity index is 297. The molecule has 0 spiro atoms. The van der Waals surface area contributed by atoms with Crippen LogP contribution in [0.1, 0.15) is 33.1 Å². The van der Waals surface area contributed by atoms with Crippen LogP contribution in [0.3, 0.4) is 0 Å². The van der Waals surface area contributed by atoms with Crippen molar-refractivity contribution in [3.63, 3.8) is 0 Å². The lowest BCUT2D eigenvalue weighted by molar-refractivity contribution is 0.179. The van der Waals surface area contributed by atoms with Crippen LogP contribution in [0.25, 0.3) is 0 Å². The van der Waals surface area contributed by atoms with Gasteiger partial charge in [-0.2, -0.15) is 0 Å². The highest BCUT2D eigenvalue weighted by Gasteiger charge is 2.28. The fourth-order valence-electron chi connectivity index (χ4n) is 2.22. The molecule has 0 aliphatic carbocycles. The predicted octanol–water partition coefficient (Wildman–Crippen LogP) is 1.22. The van der Waals surface area contributed by atoms with Crippen molar-refractivity contribution in [2.75, 3.05) is 31.3 Å². The standard InChI is InChI=1S/C12H25NO3S/c1-3-5-8-17(14,15)10-12(13-4-2)11-6-7-16-9-11/h11-13H,3-10H2,1-2H3. The van der Waals surface area contributed by atoms with Crippen LogP contribution in [0, 0.1) is 5.92 Å². The first-order valence-corrected chi connectivity index (χ1v) is 8.42. The van der Waals surface area contributed by atoms with E-state index in [1.807, 2.05) is 13.8 Å². The van der Waals surface area contributed by atoms with Gasteiger partial charge in [-0.3, -0.25) is 0 Å². The number of rotatable bonds is 8. The second kappa shape index (κ2) is 7.34. The number of unbranched alkanes of at least 4 members (excludes halogenated alkanes) is 1. The van der Waals surface area contributed by atoms with Gasteiger partial charge in [0.1, 0.15) is 0 Å². The fraction of sp³-hybridized carbons (Fsp3) is 1.00. The molecule has 5 heteroatoms. The van der Waals surface area contributed by atoms with Crippen molar-refractivity contribution in [1.29, 1.82) is 0 Å². The van der Waals surface area contributed by atoms with Crippen LogP contribution in [-0.4, -0.2) is 45.7 Å². The molecule has 0 aromatic rings. The van der Waals surface area contributed by atoms with Gasteiger partial charge in [-0.1, -0.05) is 20.3 Å². The van der Waals surface area contributed by atoms with Crippen LogP contribution in [0.4, 0.5) is 0 Å². The average molecular weight is 263 g/mol. The third-order valence-electron chi connectivity index (χ3n) is 3.24. The average Bonchev–Trinajstić information content (AvgIpc) is 2.79. The van der Waals surface area contributed by atoms with Crippen molar-refractivity contribution in [3.8, 4) is 0 Å². The van der Waals surface area contributed by atoms with E-state index in [0.717, 1.165) is 32.4 Å². The minimum Gasteiger partial charge on any atom is -0.381 e. The topological polar surface area (TPSA) is 55.4 Å². The van der Waals surface area contributed by atoms with Crippen LogP contribution in [-0.2, 0) is 14.6 Å². The van der Waals surface area contributed by atoms with Crippen molar-refractivity contribution in [1.82, 2.24) is 5.32 Å². The third-order valence-corrected chi connectivity index (χ3v) is 5.02. The molecule has 0 saturated carbocycles. The van der Waals surface area contributed by atoms with Gasteiger partial charge in [0.2, 0.25) is 0 Å². The van der Waals surface area contributed by atoms with Crippen LogP contribution < -0.4 is 5.32 Å². The van der Waals surface area contributed by atoms with Gasteiger partial charge in [0.05, 0.1) is 18.1 Å². The Labute approximate surface area is 105 Å². The second-order valence-electron chi connectivity index (χ2n) is 4.76. The summed E-state index contributed by atoms with van der Waals surface area (Å²) in [5.41, 5.74) is 0. The SMILES string of the molecule is CCCCS(=O)(=O)CC(NCC)C1CCOC1. The Balaban J connectivity index is 2.52. The first-order valence-electron chi connectivity index (χ1n) is 6.60. The quantitative estimate of drug-likeness (QED) is 0.715. The molecule has 1 rings (SSSR count). The summed E-state index contributed by atoms with van der Waals surface area (Å²) < 4.78 is 29.2. The molecule has 0 aromatic carbocycles. The molecule has 2 atom stereocenters. The zero-order valence-corrected chi connectivity index (χ0v) is 11.8. The van der Waals surface area contributed by atoms with E-state index in [-0.39, 0.29) is 11.8 Å². The molecular weight excluding hydrogens is 238 g/mol. The van der Waals surface area contributed by atoms with E-state index in [1.165, 1.54) is 0 Å². The molecule has 1 aliphatic rings. The molecule has 1 heterocycles. The Morgan fingerprint density at radius 3 is 2.71 bits per heavy atom. The van der Waals surface area contributed by atoms with Gasteiger partial charge >= 0.3 is 0 Å². The lowest BCUT2D eigenvalue weighted by atomic mass is 10.0. The zero-order chi connectivity index (χ0) is 12.7. The second-order valence-corrected chi connectivity index (χ2v) is 6.98. The highest BCUT2D eigenvalue weighted by Crippen LogP contribution is 2.18. The lowest BCUT2D eigenvalue weighted by Crippen LogP contribution is -2.42. The molecule has 2 unspecified atom stereocenters. The van der Waals surface area contributed by atoms with Gasteiger partial charge in [0.15, 0.2) is 9.84 Å². The number of nitrogens with one attached hydrogen (secondary N) is 1. The van der Waals surface area contributed by atoms with Crippen molar-refractivity contribution in [2.45, 2.75) is 39.2 Å². The van der Waals surface area contributed by atoms with Crippen LogP contribution in [0.15, 0.2) is 0 Å².